The van der Waals surface area contributed by atoms with Gasteiger partial charge >= 0.3 is 0 Å². The van der Waals surface area contributed by atoms with E-state index in [2.05, 4.69) is 25.5 Å². The van der Waals surface area contributed by atoms with Crippen molar-refractivity contribution in [2.75, 3.05) is 6.54 Å². The van der Waals surface area contributed by atoms with Crippen LogP contribution < -0.4 is 5.32 Å². The lowest BCUT2D eigenvalue weighted by atomic mass is 10.1. The molecule has 4 rings (SSSR count). The highest BCUT2D eigenvalue weighted by Crippen LogP contribution is 2.20. The van der Waals surface area contributed by atoms with Gasteiger partial charge in [0.25, 0.3) is 0 Å². The fourth-order valence-corrected chi connectivity index (χ4v) is 3.28. The first-order valence-corrected chi connectivity index (χ1v) is 10.2. The van der Waals surface area contributed by atoms with Gasteiger partial charge in [0.2, 0.25) is 0 Å². The Bertz CT molecular complexity index is 1220. The number of pyridine rings is 2. The minimum absolute atomic E-state index is 0.0209. The molecule has 6 nitrogen and oxygen atoms in total. The van der Waals surface area contributed by atoms with E-state index >= 15 is 0 Å². The van der Waals surface area contributed by atoms with Crippen LogP contribution in [0.1, 0.15) is 33.6 Å². The normalized spacial score (nSPS) is 11.2. The van der Waals surface area contributed by atoms with Gasteiger partial charge in [-0.15, -0.1) is 0 Å². The molecule has 7 heteroatoms. The second-order valence-corrected chi connectivity index (χ2v) is 7.26. The lowest BCUT2D eigenvalue weighted by molar-refractivity contribution is 0.0977. The van der Waals surface area contributed by atoms with E-state index in [1.807, 2.05) is 36.4 Å². The van der Waals surface area contributed by atoms with Gasteiger partial charge in [-0.3, -0.25) is 19.9 Å². The molecule has 0 aliphatic heterocycles. The number of nitrogens with one attached hydrogen (secondary N) is 2. The van der Waals surface area contributed by atoms with E-state index < -0.39 is 0 Å². The van der Waals surface area contributed by atoms with E-state index in [9.17, 15) is 9.18 Å². The number of halogens is 1. The highest BCUT2D eigenvalue weighted by Gasteiger charge is 2.12. The SMILES string of the molecule is O=C(CCNCc1cncc(-c2cccc(F)c2)c1)c1[nH]ncc1/C=C/c1cccnc1. The van der Waals surface area contributed by atoms with Gasteiger partial charge in [-0.1, -0.05) is 30.4 Å². The number of aromatic amines is 1. The lowest BCUT2D eigenvalue weighted by Crippen LogP contribution is -2.18. The maximum absolute atomic E-state index is 13.5. The average Bonchev–Trinajstić information content (AvgIpc) is 3.30. The van der Waals surface area contributed by atoms with E-state index in [1.54, 1.807) is 37.1 Å². The number of carbonyl (C=O) groups is 1. The number of H-pyrrole nitrogens is 1. The first-order valence-electron chi connectivity index (χ1n) is 10.2. The summed E-state index contributed by atoms with van der Waals surface area (Å²) >= 11 is 0. The van der Waals surface area contributed by atoms with Gasteiger partial charge in [-0.2, -0.15) is 5.10 Å². The zero-order chi connectivity index (χ0) is 22.2. The van der Waals surface area contributed by atoms with Gasteiger partial charge in [0, 0.05) is 55.4 Å². The average molecular weight is 427 g/mol. The van der Waals surface area contributed by atoms with Crippen molar-refractivity contribution in [1.82, 2.24) is 25.5 Å². The maximum Gasteiger partial charge on any atom is 0.182 e. The molecule has 0 radical (unpaired) electrons. The molecule has 0 aliphatic rings. The van der Waals surface area contributed by atoms with E-state index in [-0.39, 0.29) is 11.6 Å². The lowest BCUT2D eigenvalue weighted by Gasteiger charge is -2.07. The molecule has 4 aromatic rings. The Kier molecular flexibility index (Phi) is 6.89. The van der Waals surface area contributed by atoms with Crippen molar-refractivity contribution in [2.45, 2.75) is 13.0 Å². The summed E-state index contributed by atoms with van der Waals surface area (Å²) in [5, 5.41) is 10.1. The number of hydrogen-bond donors (Lipinski definition) is 2. The molecule has 0 atom stereocenters. The zero-order valence-electron chi connectivity index (χ0n) is 17.3. The van der Waals surface area contributed by atoms with Crippen LogP contribution in [0.4, 0.5) is 4.39 Å². The molecular weight excluding hydrogens is 405 g/mol. The highest BCUT2D eigenvalue weighted by molar-refractivity contribution is 5.98. The van der Waals surface area contributed by atoms with Crippen LogP contribution in [0.3, 0.4) is 0 Å². The third kappa shape index (κ3) is 5.59. The zero-order valence-corrected chi connectivity index (χ0v) is 17.3. The molecule has 32 heavy (non-hydrogen) atoms. The molecule has 0 aliphatic carbocycles. The Morgan fingerprint density at radius 2 is 1.94 bits per heavy atom. The number of ketones is 1. The number of aromatic nitrogens is 4. The first-order chi connectivity index (χ1) is 15.7. The van der Waals surface area contributed by atoms with Crippen LogP contribution >= 0.6 is 0 Å². The highest BCUT2D eigenvalue weighted by atomic mass is 19.1. The van der Waals surface area contributed by atoms with Gasteiger partial charge in [-0.25, -0.2) is 4.39 Å². The minimum atomic E-state index is -0.280. The number of benzene rings is 1. The Morgan fingerprint density at radius 3 is 2.78 bits per heavy atom. The number of hydrogen-bond acceptors (Lipinski definition) is 5. The molecule has 160 valence electrons. The molecule has 1 aromatic carbocycles. The van der Waals surface area contributed by atoms with Crippen LogP contribution in [0.15, 0.2) is 73.4 Å². The molecule has 2 N–H and O–H groups in total. The number of Topliss-reactive ketones (excluding diaryl/α,β-unsaturated/α-hetero) is 1. The number of nitrogens with zero attached hydrogens (tertiary/aromatic N) is 3. The molecule has 0 fully saturated rings. The third-order valence-corrected chi connectivity index (χ3v) is 4.90. The number of rotatable bonds is 9. The maximum atomic E-state index is 13.5. The summed E-state index contributed by atoms with van der Waals surface area (Å²) in [4.78, 5) is 20.9. The molecule has 0 amide bonds. The summed E-state index contributed by atoms with van der Waals surface area (Å²) in [6, 6.07) is 12.2. The monoisotopic (exact) mass is 427 g/mol. The standard InChI is InChI=1S/C25H22FN5O/c26-23-5-1-4-20(12-23)22-11-19(15-29-16-22)14-28-10-8-24(32)25-21(17-30-31-25)7-6-18-3-2-9-27-13-18/h1-7,9,11-13,15-17,28H,8,10,14H2,(H,30,31)/b7-6+. The summed E-state index contributed by atoms with van der Waals surface area (Å²) in [7, 11) is 0. The molecule has 0 saturated heterocycles. The van der Waals surface area contributed by atoms with Crippen LogP contribution in [0.5, 0.6) is 0 Å². The molecular formula is C25H22FN5O. The van der Waals surface area contributed by atoms with Crippen LogP contribution in [0, 0.1) is 5.82 Å². The van der Waals surface area contributed by atoms with Gasteiger partial charge in [0.1, 0.15) is 11.5 Å². The summed E-state index contributed by atoms with van der Waals surface area (Å²) in [5.74, 6) is -0.300. The summed E-state index contributed by atoms with van der Waals surface area (Å²) in [6.07, 6.45) is 12.6. The van der Waals surface area contributed by atoms with Crippen molar-refractivity contribution in [1.29, 1.82) is 0 Å². The van der Waals surface area contributed by atoms with Crippen molar-refractivity contribution in [3.8, 4) is 11.1 Å². The second kappa shape index (κ2) is 10.4. The largest absolute Gasteiger partial charge is 0.312 e. The first kappa shape index (κ1) is 21.3. The van der Waals surface area contributed by atoms with Gasteiger partial charge < -0.3 is 5.32 Å². The van der Waals surface area contributed by atoms with Crippen molar-refractivity contribution in [2.24, 2.45) is 0 Å². The Morgan fingerprint density at radius 1 is 1.00 bits per heavy atom. The number of carbonyl (C=O) groups excluding carboxylic acids is 1. The Labute approximate surface area is 185 Å². The van der Waals surface area contributed by atoms with Crippen molar-refractivity contribution >= 4 is 17.9 Å². The molecule has 0 saturated carbocycles. The summed E-state index contributed by atoms with van der Waals surface area (Å²) < 4.78 is 13.5. The molecule has 3 heterocycles. The Balaban J connectivity index is 1.30. The second-order valence-electron chi connectivity index (χ2n) is 7.26. The summed E-state index contributed by atoms with van der Waals surface area (Å²) in [5.41, 5.74) is 4.76. The predicted molar refractivity (Wildman–Crippen MR) is 122 cm³/mol. The smallest absolute Gasteiger partial charge is 0.182 e. The molecule has 3 aromatic heterocycles. The van der Waals surface area contributed by atoms with Gasteiger partial charge in [0.05, 0.1) is 6.20 Å². The molecule has 0 bridgehead atoms. The fourth-order valence-electron chi connectivity index (χ4n) is 3.28. The molecule has 0 unspecified atom stereocenters. The van der Waals surface area contributed by atoms with Crippen LogP contribution in [0.25, 0.3) is 23.3 Å². The third-order valence-electron chi connectivity index (χ3n) is 4.90. The van der Waals surface area contributed by atoms with Crippen LogP contribution in [0.2, 0.25) is 0 Å². The topological polar surface area (TPSA) is 83.6 Å². The van der Waals surface area contributed by atoms with Crippen LogP contribution in [-0.2, 0) is 6.54 Å². The Hall–Kier alpha value is -3.97. The minimum Gasteiger partial charge on any atom is -0.312 e. The fraction of sp³-hybridized carbons (Fsp3) is 0.120. The van der Waals surface area contributed by atoms with Crippen molar-refractivity contribution < 1.29 is 9.18 Å². The van der Waals surface area contributed by atoms with E-state index in [1.165, 1.54) is 12.1 Å². The van der Waals surface area contributed by atoms with Crippen molar-refractivity contribution in [3.63, 3.8) is 0 Å². The van der Waals surface area contributed by atoms with E-state index in [0.717, 1.165) is 27.8 Å². The van der Waals surface area contributed by atoms with Crippen molar-refractivity contribution in [3.05, 3.63) is 102 Å². The predicted octanol–water partition coefficient (Wildman–Crippen LogP) is 4.54. The van der Waals surface area contributed by atoms with Gasteiger partial charge in [0.15, 0.2) is 5.78 Å². The van der Waals surface area contributed by atoms with E-state index in [0.29, 0.717) is 25.2 Å². The van der Waals surface area contributed by atoms with E-state index in [4.69, 9.17) is 0 Å². The quantitative estimate of drug-likeness (QED) is 0.303. The van der Waals surface area contributed by atoms with Crippen LogP contribution in [-0.4, -0.2) is 32.5 Å². The van der Waals surface area contributed by atoms with Gasteiger partial charge in [-0.05, 0) is 41.0 Å². The molecule has 0 spiro atoms. The summed E-state index contributed by atoms with van der Waals surface area (Å²) in [6.45, 7) is 1.06.